The van der Waals surface area contributed by atoms with Gasteiger partial charge in [-0.3, -0.25) is 14.4 Å². The van der Waals surface area contributed by atoms with Crippen molar-refractivity contribution in [3.8, 4) is 0 Å². The fraction of sp³-hybridized carbons (Fsp3) is 0.714. The highest BCUT2D eigenvalue weighted by Crippen LogP contribution is 2.06. The van der Waals surface area contributed by atoms with Crippen molar-refractivity contribution in [3.05, 3.63) is 0 Å². The van der Waals surface area contributed by atoms with Gasteiger partial charge in [0.2, 0.25) is 11.8 Å². The lowest BCUT2D eigenvalue weighted by Crippen LogP contribution is -2.52. The summed E-state index contributed by atoms with van der Waals surface area (Å²) in [5.41, 5.74) is -0.679. The molecule has 0 spiro atoms. The molecule has 132 valence electrons. The molecular formula is C14H25N3O6. The van der Waals surface area contributed by atoms with Crippen LogP contribution in [0.5, 0.6) is 0 Å². The van der Waals surface area contributed by atoms with Crippen molar-refractivity contribution in [2.75, 3.05) is 13.7 Å². The molecular weight excluding hydrogens is 306 g/mol. The van der Waals surface area contributed by atoms with Crippen LogP contribution in [0.15, 0.2) is 0 Å². The smallest absolute Gasteiger partial charge is 0.408 e. The number of alkyl carbamates (subject to hydrolysis) is 1. The van der Waals surface area contributed by atoms with Crippen LogP contribution in [0.25, 0.3) is 0 Å². The van der Waals surface area contributed by atoms with Crippen molar-refractivity contribution < 1.29 is 28.7 Å². The Morgan fingerprint density at radius 1 is 0.957 bits per heavy atom. The maximum atomic E-state index is 11.9. The molecule has 0 rings (SSSR count). The van der Waals surface area contributed by atoms with Crippen molar-refractivity contribution in [2.45, 2.75) is 52.3 Å². The first-order chi connectivity index (χ1) is 10.5. The van der Waals surface area contributed by atoms with Gasteiger partial charge in [-0.25, -0.2) is 4.79 Å². The summed E-state index contributed by atoms with van der Waals surface area (Å²) in [6.45, 7) is 7.71. The third-order valence-corrected chi connectivity index (χ3v) is 2.51. The third-order valence-electron chi connectivity index (χ3n) is 2.51. The minimum atomic E-state index is -0.888. The Hall–Kier alpha value is -2.32. The molecule has 0 fully saturated rings. The maximum absolute atomic E-state index is 11.9. The van der Waals surface area contributed by atoms with Gasteiger partial charge in [-0.15, -0.1) is 0 Å². The van der Waals surface area contributed by atoms with E-state index in [9.17, 15) is 19.2 Å². The minimum absolute atomic E-state index is 0.290. The maximum Gasteiger partial charge on any atom is 0.408 e. The van der Waals surface area contributed by atoms with E-state index in [2.05, 4.69) is 20.7 Å². The second-order valence-electron chi connectivity index (χ2n) is 5.89. The van der Waals surface area contributed by atoms with Crippen molar-refractivity contribution in [2.24, 2.45) is 0 Å². The van der Waals surface area contributed by atoms with Crippen LogP contribution < -0.4 is 16.0 Å². The first-order valence-electron chi connectivity index (χ1n) is 7.10. The number of hydrogen-bond acceptors (Lipinski definition) is 6. The van der Waals surface area contributed by atoms with Gasteiger partial charge in [-0.1, -0.05) is 0 Å². The molecule has 0 aromatic carbocycles. The van der Waals surface area contributed by atoms with Gasteiger partial charge in [0.05, 0.1) is 7.11 Å². The topological polar surface area (TPSA) is 123 Å². The second kappa shape index (κ2) is 8.96. The van der Waals surface area contributed by atoms with Gasteiger partial charge in [0.1, 0.15) is 24.2 Å². The Morgan fingerprint density at radius 2 is 1.48 bits per heavy atom. The van der Waals surface area contributed by atoms with Crippen LogP contribution in [0.4, 0.5) is 4.79 Å². The van der Waals surface area contributed by atoms with Gasteiger partial charge in [-0.05, 0) is 34.6 Å². The van der Waals surface area contributed by atoms with E-state index < -0.39 is 41.6 Å². The number of rotatable bonds is 6. The molecule has 0 aromatic heterocycles. The molecule has 9 nitrogen and oxygen atoms in total. The van der Waals surface area contributed by atoms with E-state index in [1.807, 2.05) is 0 Å². The van der Waals surface area contributed by atoms with Crippen molar-refractivity contribution in [3.63, 3.8) is 0 Å². The van der Waals surface area contributed by atoms with Crippen LogP contribution in [0, 0.1) is 0 Å². The average molecular weight is 331 g/mol. The number of nitrogens with one attached hydrogen (secondary N) is 3. The molecule has 3 N–H and O–H groups in total. The van der Waals surface area contributed by atoms with E-state index >= 15 is 0 Å². The molecule has 9 heteroatoms. The third kappa shape index (κ3) is 9.33. The van der Waals surface area contributed by atoms with E-state index in [1.54, 1.807) is 20.8 Å². The summed E-state index contributed by atoms with van der Waals surface area (Å²) in [4.78, 5) is 46.1. The zero-order valence-corrected chi connectivity index (χ0v) is 14.3. The Balaban J connectivity index is 4.32. The molecule has 0 aliphatic rings. The SMILES string of the molecule is COC(=O)CNC(=O)[C@H](C)NC(=O)[C@H](C)NC(=O)OC(C)(C)C. The molecule has 0 saturated carbocycles. The predicted molar refractivity (Wildman–Crippen MR) is 81.5 cm³/mol. The molecule has 0 unspecified atom stereocenters. The molecule has 0 aliphatic heterocycles. The lowest BCUT2D eigenvalue weighted by molar-refractivity contribution is -0.141. The quantitative estimate of drug-likeness (QED) is 0.574. The van der Waals surface area contributed by atoms with E-state index in [0.717, 1.165) is 0 Å². The lowest BCUT2D eigenvalue weighted by Gasteiger charge is -2.22. The minimum Gasteiger partial charge on any atom is -0.468 e. The van der Waals surface area contributed by atoms with E-state index in [1.165, 1.54) is 21.0 Å². The largest absolute Gasteiger partial charge is 0.468 e. The molecule has 0 aromatic rings. The van der Waals surface area contributed by atoms with Crippen LogP contribution in [0.3, 0.4) is 0 Å². The first-order valence-corrected chi connectivity index (χ1v) is 7.10. The van der Waals surface area contributed by atoms with Gasteiger partial charge >= 0.3 is 12.1 Å². The Kier molecular flexibility index (Phi) is 8.06. The summed E-state index contributed by atoms with van der Waals surface area (Å²) in [5, 5.41) is 7.09. The van der Waals surface area contributed by atoms with Gasteiger partial charge in [0.25, 0.3) is 0 Å². The number of amides is 3. The highest BCUT2D eigenvalue weighted by molar-refractivity contribution is 5.91. The van der Waals surface area contributed by atoms with E-state index in [0.29, 0.717) is 0 Å². The van der Waals surface area contributed by atoms with Gasteiger partial charge in [-0.2, -0.15) is 0 Å². The fourth-order valence-electron chi connectivity index (χ4n) is 1.34. The molecule has 2 atom stereocenters. The summed E-state index contributed by atoms with van der Waals surface area (Å²) in [6.07, 6.45) is -0.733. The van der Waals surface area contributed by atoms with Crippen molar-refractivity contribution in [1.29, 1.82) is 0 Å². The second-order valence-corrected chi connectivity index (χ2v) is 5.89. The number of hydrogen-bond donors (Lipinski definition) is 3. The number of methoxy groups -OCH3 is 1. The molecule has 0 radical (unpaired) electrons. The predicted octanol–water partition coefficient (Wildman–Crippen LogP) is -0.306. The van der Waals surface area contributed by atoms with Crippen LogP contribution in [0.2, 0.25) is 0 Å². The van der Waals surface area contributed by atoms with E-state index in [-0.39, 0.29) is 6.54 Å². The van der Waals surface area contributed by atoms with Crippen LogP contribution in [-0.2, 0) is 23.9 Å². The zero-order valence-electron chi connectivity index (χ0n) is 14.3. The fourth-order valence-corrected chi connectivity index (χ4v) is 1.34. The van der Waals surface area contributed by atoms with Gasteiger partial charge in [0, 0.05) is 0 Å². The summed E-state index contributed by atoms with van der Waals surface area (Å²) in [5.74, 6) is -1.71. The highest BCUT2D eigenvalue weighted by atomic mass is 16.6. The molecule has 0 aliphatic carbocycles. The van der Waals surface area contributed by atoms with Gasteiger partial charge in [0.15, 0.2) is 0 Å². The molecule has 3 amide bonds. The lowest BCUT2D eigenvalue weighted by atomic mass is 10.2. The molecule has 23 heavy (non-hydrogen) atoms. The van der Waals surface area contributed by atoms with Crippen molar-refractivity contribution in [1.82, 2.24) is 16.0 Å². The normalized spacial score (nSPS) is 13.3. The van der Waals surface area contributed by atoms with Crippen LogP contribution >= 0.6 is 0 Å². The van der Waals surface area contributed by atoms with Gasteiger partial charge < -0.3 is 25.4 Å². The molecule has 0 saturated heterocycles. The summed E-state index contributed by atoms with van der Waals surface area (Å²) >= 11 is 0. The number of carbonyl (C=O) groups excluding carboxylic acids is 4. The molecule has 0 heterocycles. The Morgan fingerprint density at radius 3 is 1.96 bits per heavy atom. The first kappa shape index (κ1) is 20.7. The average Bonchev–Trinajstić information content (AvgIpc) is 2.41. The number of esters is 1. The Labute approximate surface area is 135 Å². The summed E-state index contributed by atoms with van der Waals surface area (Å²) in [6, 6.07) is -1.77. The number of ether oxygens (including phenoxy) is 2. The summed E-state index contributed by atoms with van der Waals surface area (Å²) in [7, 11) is 1.20. The summed E-state index contributed by atoms with van der Waals surface area (Å²) < 4.78 is 9.41. The van der Waals surface area contributed by atoms with Crippen LogP contribution in [0.1, 0.15) is 34.6 Å². The highest BCUT2D eigenvalue weighted by Gasteiger charge is 2.23. The van der Waals surface area contributed by atoms with Crippen LogP contribution in [-0.4, -0.2) is 55.2 Å². The zero-order chi connectivity index (χ0) is 18.2. The van der Waals surface area contributed by atoms with Crippen molar-refractivity contribution >= 4 is 23.9 Å². The standard InChI is InChI=1S/C14H25N3O6/c1-8(11(19)15-7-10(18)22-6)16-12(20)9(2)17-13(21)23-14(3,4)5/h8-9H,7H2,1-6H3,(H,15,19)(H,16,20)(H,17,21)/t8-,9-/m0/s1. The Bertz CT molecular complexity index is 458. The molecule has 0 bridgehead atoms. The van der Waals surface area contributed by atoms with E-state index in [4.69, 9.17) is 4.74 Å². The number of carbonyl (C=O) groups is 4. The monoisotopic (exact) mass is 331 g/mol.